The molecule has 1 saturated carbocycles. The van der Waals surface area contributed by atoms with Crippen molar-refractivity contribution in [1.29, 1.82) is 0 Å². The molecule has 4 aromatic heterocycles. The number of amides is 1. The molecule has 0 radical (unpaired) electrons. The Morgan fingerprint density at radius 2 is 1.76 bits per heavy atom. The van der Waals surface area contributed by atoms with E-state index in [1.165, 1.54) is 29.2 Å². The molecule has 7 rings (SSSR count). The molecule has 0 spiro atoms. The Bertz CT molecular complexity index is 2140. The normalized spacial score (nSPS) is 13.7. The summed E-state index contributed by atoms with van der Waals surface area (Å²) in [6.45, 7) is 1.03. The first-order chi connectivity index (χ1) is 22.0. The van der Waals surface area contributed by atoms with E-state index < -0.39 is 18.4 Å². The summed E-state index contributed by atoms with van der Waals surface area (Å²) < 4.78 is 51.8. The van der Waals surface area contributed by atoms with E-state index in [1.54, 1.807) is 37.0 Å². The predicted molar refractivity (Wildman–Crippen MR) is 169 cm³/mol. The standard InChI is InChI=1S/C34H33F3N8O/c1-6-25-24(16-21-17-43(4)41-31(21)38-25)32-39-28(29(44(32)5)19-10-11-19)23-8-7-9-26-27(23)30(35)45(40-26)18-34(36,37)22-14-12-20(13-15-22)33(46)42(2)3/h7-9,12-17,19H,6,10-11,18H2,1-5H3. The molecule has 1 aliphatic carbocycles. The fourth-order valence-corrected chi connectivity index (χ4v) is 6.19. The number of hydrogen-bond donors (Lipinski definition) is 0. The predicted octanol–water partition coefficient (Wildman–Crippen LogP) is 6.46. The summed E-state index contributed by atoms with van der Waals surface area (Å²) in [6, 6.07) is 12.3. The molecule has 12 heteroatoms. The Hall–Kier alpha value is -5.00. The summed E-state index contributed by atoms with van der Waals surface area (Å²) in [6.07, 6.45) is 4.54. The number of rotatable bonds is 8. The number of imidazole rings is 1. The van der Waals surface area contributed by atoms with Gasteiger partial charge in [0.05, 0.1) is 22.3 Å². The minimum atomic E-state index is -3.45. The van der Waals surface area contributed by atoms with Crippen LogP contribution in [-0.2, 0) is 33.0 Å². The summed E-state index contributed by atoms with van der Waals surface area (Å²) in [5.74, 6) is -3.64. The van der Waals surface area contributed by atoms with Crippen molar-refractivity contribution in [2.75, 3.05) is 14.1 Å². The van der Waals surface area contributed by atoms with E-state index in [4.69, 9.17) is 9.97 Å². The van der Waals surface area contributed by atoms with Crippen molar-refractivity contribution in [3.05, 3.63) is 83.2 Å². The molecule has 1 aliphatic rings. The maximum atomic E-state index is 16.2. The van der Waals surface area contributed by atoms with Crippen LogP contribution in [0, 0.1) is 5.95 Å². The summed E-state index contributed by atoms with van der Waals surface area (Å²) in [7, 11) is 6.99. The van der Waals surface area contributed by atoms with Crippen LogP contribution in [-0.4, -0.2) is 59.0 Å². The molecule has 0 bridgehead atoms. The Kier molecular flexibility index (Phi) is 6.98. The van der Waals surface area contributed by atoms with Gasteiger partial charge in [0.25, 0.3) is 11.8 Å². The average Bonchev–Trinajstić information content (AvgIpc) is 3.61. The van der Waals surface area contributed by atoms with Gasteiger partial charge >= 0.3 is 0 Å². The molecule has 0 saturated heterocycles. The Labute approximate surface area is 263 Å². The van der Waals surface area contributed by atoms with E-state index in [1.807, 2.05) is 33.3 Å². The molecule has 9 nitrogen and oxygen atoms in total. The molecule has 1 amide bonds. The van der Waals surface area contributed by atoms with Crippen LogP contribution in [0.15, 0.2) is 54.7 Å². The highest BCUT2D eigenvalue weighted by Crippen LogP contribution is 2.47. The Morgan fingerprint density at radius 1 is 1.02 bits per heavy atom. The number of fused-ring (bicyclic) bond motifs is 2. The first-order valence-electron chi connectivity index (χ1n) is 15.2. The molecule has 0 aliphatic heterocycles. The van der Waals surface area contributed by atoms with E-state index >= 15 is 13.2 Å². The first kappa shape index (κ1) is 29.7. The van der Waals surface area contributed by atoms with Crippen LogP contribution < -0.4 is 0 Å². The van der Waals surface area contributed by atoms with Crippen LogP contribution in [0.5, 0.6) is 0 Å². The molecule has 4 heterocycles. The van der Waals surface area contributed by atoms with Gasteiger partial charge in [0.15, 0.2) is 5.65 Å². The van der Waals surface area contributed by atoms with Gasteiger partial charge in [-0.15, -0.1) is 0 Å². The zero-order chi connectivity index (χ0) is 32.5. The van der Waals surface area contributed by atoms with Crippen LogP contribution in [0.4, 0.5) is 13.2 Å². The number of alkyl halides is 2. The highest BCUT2D eigenvalue weighted by molar-refractivity contribution is 5.95. The van der Waals surface area contributed by atoms with Gasteiger partial charge in [0.1, 0.15) is 12.4 Å². The van der Waals surface area contributed by atoms with Gasteiger partial charge in [-0.1, -0.05) is 31.2 Å². The van der Waals surface area contributed by atoms with E-state index in [2.05, 4.69) is 14.8 Å². The molecule has 46 heavy (non-hydrogen) atoms. The quantitative estimate of drug-likeness (QED) is 0.194. The second kappa shape index (κ2) is 10.8. The molecule has 6 aromatic rings. The smallest absolute Gasteiger partial charge is 0.292 e. The first-order valence-corrected chi connectivity index (χ1v) is 15.2. The Morgan fingerprint density at radius 3 is 2.43 bits per heavy atom. The fraction of sp³-hybridized carbons (Fsp3) is 0.324. The number of pyridine rings is 1. The second-order valence-corrected chi connectivity index (χ2v) is 12.2. The molecule has 236 valence electrons. The third-order valence-electron chi connectivity index (χ3n) is 8.64. The molecular weight excluding hydrogens is 593 g/mol. The Balaban J connectivity index is 1.31. The molecule has 0 atom stereocenters. The van der Waals surface area contributed by atoms with E-state index in [9.17, 15) is 4.79 Å². The molecule has 1 fully saturated rings. The minimum Gasteiger partial charge on any atom is -0.345 e. The highest BCUT2D eigenvalue weighted by atomic mass is 19.3. The van der Waals surface area contributed by atoms with Gasteiger partial charge in [0, 0.05) is 73.6 Å². The van der Waals surface area contributed by atoms with Gasteiger partial charge < -0.3 is 9.47 Å². The van der Waals surface area contributed by atoms with E-state index in [0.29, 0.717) is 29.1 Å². The van der Waals surface area contributed by atoms with Gasteiger partial charge in [-0.25, -0.2) is 14.6 Å². The summed E-state index contributed by atoms with van der Waals surface area (Å²) in [4.78, 5) is 23.5. The number of halogens is 3. The fourth-order valence-electron chi connectivity index (χ4n) is 6.19. The number of aromatic nitrogens is 7. The van der Waals surface area contributed by atoms with Crippen LogP contribution in [0.2, 0.25) is 0 Å². The summed E-state index contributed by atoms with van der Waals surface area (Å²) >= 11 is 0. The maximum absolute atomic E-state index is 16.2. The number of carbonyl (C=O) groups is 1. The number of benzene rings is 2. The lowest BCUT2D eigenvalue weighted by Crippen LogP contribution is -2.24. The zero-order valence-corrected chi connectivity index (χ0v) is 26.2. The van der Waals surface area contributed by atoms with Crippen LogP contribution in [0.3, 0.4) is 0 Å². The number of nitrogens with zero attached hydrogens (tertiary/aromatic N) is 8. The third kappa shape index (κ3) is 4.92. The van der Waals surface area contributed by atoms with E-state index in [0.717, 1.165) is 39.9 Å². The second-order valence-electron chi connectivity index (χ2n) is 12.2. The van der Waals surface area contributed by atoms with Crippen molar-refractivity contribution in [2.45, 2.75) is 44.6 Å². The number of carbonyl (C=O) groups excluding carboxylic acids is 1. The summed E-state index contributed by atoms with van der Waals surface area (Å²) in [5, 5.41) is 9.76. The third-order valence-corrected chi connectivity index (χ3v) is 8.64. The lowest BCUT2D eigenvalue weighted by Gasteiger charge is -2.18. The zero-order valence-electron chi connectivity index (χ0n) is 26.2. The van der Waals surface area contributed by atoms with Crippen molar-refractivity contribution >= 4 is 27.8 Å². The highest BCUT2D eigenvalue weighted by Gasteiger charge is 2.36. The van der Waals surface area contributed by atoms with Crippen molar-refractivity contribution in [3.63, 3.8) is 0 Å². The van der Waals surface area contributed by atoms with Crippen molar-refractivity contribution in [1.82, 2.24) is 39.0 Å². The van der Waals surface area contributed by atoms with Crippen LogP contribution >= 0.6 is 0 Å². The van der Waals surface area contributed by atoms with Crippen molar-refractivity contribution in [3.8, 4) is 22.6 Å². The monoisotopic (exact) mass is 626 g/mol. The largest absolute Gasteiger partial charge is 0.345 e. The minimum absolute atomic E-state index is 0.147. The molecule has 0 N–H and O–H groups in total. The van der Waals surface area contributed by atoms with Gasteiger partial charge in [-0.2, -0.15) is 23.4 Å². The lowest BCUT2D eigenvalue weighted by molar-refractivity contribution is -0.0281. The van der Waals surface area contributed by atoms with E-state index in [-0.39, 0.29) is 33.9 Å². The maximum Gasteiger partial charge on any atom is 0.292 e. The van der Waals surface area contributed by atoms with Crippen molar-refractivity contribution < 1.29 is 18.0 Å². The lowest BCUT2D eigenvalue weighted by atomic mass is 10.0. The average molecular weight is 627 g/mol. The molecule has 2 aromatic carbocycles. The molecule has 0 unspecified atom stereocenters. The van der Waals surface area contributed by atoms with Gasteiger partial charge in [-0.05, 0) is 43.5 Å². The van der Waals surface area contributed by atoms with Crippen LogP contribution in [0.25, 0.3) is 44.6 Å². The topological polar surface area (TPSA) is 86.7 Å². The van der Waals surface area contributed by atoms with Crippen LogP contribution in [0.1, 0.15) is 53.0 Å². The molecular formula is C34H33F3N8O. The SMILES string of the molecule is CCc1nc2nn(C)cc2cc1-c1nc(-c2cccc3nn(CC(F)(F)c4ccc(C(=O)N(C)C)cc4)c(F)c23)c(C2CC2)n1C. The number of hydrogen-bond acceptors (Lipinski definition) is 5. The van der Waals surface area contributed by atoms with Crippen molar-refractivity contribution in [2.24, 2.45) is 14.1 Å². The summed E-state index contributed by atoms with van der Waals surface area (Å²) in [5.41, 5.74) is 4.70. The van der Waals surface area contributed by atoms with Gasteiger partial charge in [-0.3, -0.25) is 9.48 Å². The van der Waals surface area contributed by atoms with Gasteiger partial charge in [0.2, 0.25) is 5.95 Å². The number of aryl methyl sites for hydroxylation is 2.